The van der Waals surface area contributed by atoms with Crippen LogP contribution < -0.4 is 10.2 Å². The molecule has 3 aromatic carbocycles. The van der Waals surface area contributed by atoms with Gasteiger partial charge < -0.3 is 14.9 Å². The van der Waals surface area contributed by atoms with Crippen LogP contribution in [0.3, 0.4) is 0 Å². The van der Waals surface area contributed by atoms with Crippen LogP contribution in [0.2, 0.25) is 5.02 Å². The van der Waals surface area contributed by atoms with Gasteiger partial charge in [0.15, 0.2) is 0 Å². The normalized spacial score (nSPS) is 10.8. The predicted molar refractivity (Wildman–Crippen MR) is 112 cm³/mol. The van der Waals surface area contributed by atoms with E-state index in [0.29, 0.717) is 22.9 Å². The Kier molecular flexibility index (Phi) is 6.36. The predicted octanol–water partition coefficient (Wildman–Crippen LogP) is 4.40. The van der Waals surface area contributed by atoms with Crippen LogP contribution in [-0.2, 0) is 6.61 Å². The molecule has 0 spiro atoms. The molecule has 3 N–H and O–H groups in total. The second kappa shape index (κ2) is 9.12. The highest BCUT2D eigenvalue weighted by Crippen LogP contribution is 2.23. The summed E-state index contributed by atoms with van der Waals surface area (Å²) in [6.45, 7) is 2.39. The molecule has 3 rings (SSSR count). The number of hydrogen-bond donors (Lipinski definition) is 3. The van der Waals surface area contributed by atoms with Crippen molar-refractivity contribution in [1.82, 2.24) is 5.43 Å². The average molecular weight is 411 g/mol. The fraction of sp³-hybridized carbons (Fsp3) is 0.0909. The number of carbonyl (C=O) groups is 1. The Hall–Kier alpha value is -3.51. The van der Waals surface area contributed by atoms with E-state index < -0.39 is 5.91 Å². The Labute approximate surface area is 173 Å². The Morgan fingerprint density at radius 2 is 1.86 bits per heavy atom. The van der Waals surface area contributed by atoms with Crippen LogP contribution in [0.4, 0.5) is 0 Å². The Morgan fingerprint density at radius 1 is 1.10 bits per heavy atom. The van der Waals surface area contributed by atoms with E-state index in [1.165, 1.54) is 18.3 Å². The smallest absolute Gasteiger partial charge is 0.271 e. The van der Waals surface area contributed by atoms with Crippen LogP contribution in [-0.4, -0.2) is 22.3 Å². The van der Waals surface area contributed by atoms with Gasteiger partial charge in [0.1, 0.15) is 23.9 Å². The number of aryl methyl sites for hydroxylation is 1. The SMILES string of the molecule is Cc1cccc(COc2ccc(Cl)cc2/C=N\NC(=O)c2cc(O)cc(O)c2)c1. The van der Waals surface area contributed by atoms with Gasteiger partial charge >= 0.3 is 0 Å². The number of ether oxygens (including phenoxy) is 1. The van der Waals surface area contributed by atoms with Gasteiger partial charge in [0.2, 0.25) is 0 Å². The summed E-state index contributed by atoms with van der Waals surface area (Å²) in [5.74, 6) is -0.470. The van der Waals surface area contributed by atoms with E-state index in [2.05, 4.69) is 10.5 Å². The maximum Gasteiger partial charge on any atom is 0.271 e. The molecule has 0 heterocycles. The molecule has 29 heavy (non-hydrogen) atoms. The second-order valence-electron chi connectivity index (χ2n) is 6.40. The molecule has 0 aromatic heterocycles. The van der Waals surface area contributed by atoms with Crippen LogP contribution >= 0.6 is 11.6 Å². The first-order chi connectivity index (χ1) is 13.9. The standard InChI is InChI=1S/C22H19ClN2O4/c1-14-3-2-4-15(7-14)13-29-21-6-5-18(23)8-17(21)12-24-25-22(28)16-9-19(26)11-20(27)10-16/h2-12,26-27H,13H2,1H3,(H,25,28)/b24-12-. The molecular weight excluding hydrogens is 392 g/mol. The largest absolute Gasteiger partial charge is 0.508 e. The van der Waals surface area contributed by atoms with Crippen LogP contribution in [0.15, 0.2) is 65.8 Å². The van der Waals surface area contributed by atoms with Crippen molar-refractivity contribution >= 4 is 23.7 Å². The minimum atomic E-state index is -0.586. The Bertz CT molecular complexity index is 1050. The molecule has 0 aliphatic rings. The molecule has 0 saturated carbocycles. The third-order valence-electron chi connectivity index (χ3n) is 3.98. The highest BCUT2D eigenvalue weighted by molar-refractivity contribution is 6.30. The molecule has 3 aromatic rings. The zero-order valence-corrected chi connectivity index (χ0v) is 16.3. The van der Waals surface area contributed by atoms with Gasteiger partial charge in [-0.05, 0) is 42.8 Å². The summed E-state index contributed by atoms with van der Waals surface area (Å²) >= 11 is 6.07. The number of nitrogens with zero attached hydrogens (tertiary/aromatic N) is 1. The molecule has 0 bridgehead atoms. The first-order valence-electron chi connectivity index (χ1n) is 8.75. The van der Waals surface area contributed by atoms with E-state index in [0.717, 1.165) is 17.2 Å². The van der Waals surface area contributed by atoms with Gasteiger partial charge in [-0.3, -0.25) is 4.79 Å². The molecule has 0 radical (unpaired) electrons. The minimum absolute atomic E-state index is 0.0710. The number of rotatable bonds is 6. The van der Waals surface area contributed by atoms with E-state index in [4.69, 9.17) is 16.3 Å². The fourth-order valence-corrected chi connectivity index (χ4v) is 2.85. The number of phenols is 2. The number of amides is 1. The third-order valence-corrected chi connectivity index (χ3v) is 4.22. The Balaban J connectivity index is 1.71. The number of halogens is 1. The van der Waals surface area contributed by atoms with E-state index in [1.807, 2.05) is 31.2 Å². The van der Waals surface area contributed by atoms with Gasteiger partial charge in [-0.25, -0.2) is 5.43 Å². The summed E-state index contributed by atoms with van der Waals surface area (Å²) in [6.07, 6.45) is 1.41. The lowest BCUT2D eigenvalue weighted by molar-refractivity contribution is 0.0954. The van der Waals surface area contributed by atoms with Crippen molar-refractivity contribution in [3.05, 3.63) is 87.9 Å². The van der Waals surface area contributed by atoms with Gasteiger partial charge in [0.05, 0.1) is 6.21 Å². The first-order valence-corrected chi connectivity index (χ1v) is 9.13. The number of carbonyl (C=O) groups excluding carboxylic acids is 1. The zero-order valence-electron chi connectivity index (χ0n) is 15.6. The van der Waals surface area contributed by atoms with Crippen LogP contribution in [0.1, 0.15) is 27.0 Å². The molecule has 0 saturated heterocycles. The summed E-state index contributed by atoms with van der Waals surface area (Å²) in [5, 5.41) is 23.4. The van der Waals surface area contributed by atoms with Gasteiger partial charge in [-0.2, -0.15) is 5.10 Å². The number of nitrogens with one attached hydrogen (secondary N) is 1. The number of phenolic OH excluding ortho intramolecular Hbond substituents is 2. The monoisotopic (exact) mass is 410 g/mol. The quantitative estimate of drug-likeness (QED) is 0.415. The van der Waals surface area contributed by atoms with E-state index in [-0.39, 0.29) is 17.1 Å². The van der Waals surface area contributed by atoms with Crippen molar-refractivity contribution in [3.8, 4) is 17.2 Å². The lowest BCUT2D eigenvalue weighted by atomic mass is 10.1. The van der Waals surface area contributed by atoms with E-state index in [1.54, 1.807) is 18.2 Å². The lowest BCUT2D eigenvalue weighted by Crippen LogP contribution is -2.17. The van der Waals surface area contributed by atoms with Crippen LogP contribution in [0.5, 0.6) is 17.2 Å². The number of hydrogen-bond acceptors (Lipinski definition) is 5. The van der Waals surface area contributed by atoms with Gasteiger partial charge in [-0.15, -0.1) is 0 Å². The van der Waals surface area contributed by atoms with E-state index in [9.17, 15) is 15.0 Å². The number of aromatic hydroxyl groups is 2. The van der Waals surface area contributed by atoms with Crippen molar-refractivity contribution in [2.24, 2.45) is 5.10 Å². The lowest BCUT2D eigenvalue weighted by Gasteiger charge is -2.10. The molecule has 1 amide bonds. The maximum atomic E-state index is 12.1. The fourth-order valence-electron chi connectivity index (χ4n) is 2.67. The molecule has 0 fully saturated rings. The minimum Gasteiger partial charge on any atom is -0.508 e. The van der Waals surface area contributed by atoms with Gasteiger partial charge in [-0.1, -0.05) is 41.4 Å². The van der Waals surface area contributed by atoms with Crippen molar-refractivity contribution < 1.29 is 19.7 Å². The van der Waals surface area contributed by atoms with E-state index >= 15 is 0 Å². The molecule has 0 unspecified atom stereocenters. The molecule has 0 atom stereocenters. The Morgan fingerprint density at radius 3 is 2.59 bits per heavy atom. The van der Waals surface area contributed by atoms with Crippen molar-refractivity contribution in [1.29, 1.82) is 0 Å². The summed E-state index contributed by atoms with van der Waals surface area (Å²) in [7, 11) is 0. The van der Waals surface area contributed by atoms with Gasteiger partial charge in [0, 0.05) is 22.2 Å². The molecule has 6 nitrogen and oxygen atoms in total. The first kappa shape index (κ1) is 20.2. The van der Waals surface area contributed by atoms with Crippen molar-refractivity contribution in [2.45, 2.75) is 13.5 Å². The topological polar surface area (TPSA) is 91.2 Å². The maximum absolute atomic E-state index is 12.1. The van der Waals surface area contributed by atoms with Crippen molar-refractivity contribution in [2.75, 3.05) is 0 Å². The molecular formula is C22H19ClN2O4. The third kappa shape index (κ3) is 5.73. The summed E-state index contributed by atoms with van der Waals surface area (Å²) in [6, 6.07) is 16.7. The highest BCUT2D eigenvalue weighted by atomic mass is 35.5. The second-order valence-corrected chi connectivity index (χ2v) is 6.83. The molecule has 148 valence electrons. The molecule has 7 heteroatoms. The molecule has 0 aliphatic heterocycles. The zero-order chi connectivity index (χ0) is 20.8. The van der Waals surface area contributed by atoms with Crippen LogP contribution in [0, 0.1) is 6.92 Å². The number of benzene rings is 3. The highest BCUT2D eigenvalue weighted by Gasteiger charge is 2.08. The van der Waals surface area contributed by atoms with Crippen LogP contribution in [0.25, 0.3) is 0 Å². The summed E-state index contributed by atoms with van der Waals surface area (Å²) in [5.41, 5.74) is 5.17. The van der Waals surface area contributed by atoms with Gasteiger partial charge in [0.25, 0.3) is 5.91 Å². The summed E-state index contributed by atoms with van der Waals surface area (Å²) in [4.78, 5) is 12.1. The average Bonchev–Trinajstić information content (AvgIpc) is 2.66. The van der Waals surface area contributed by atoms with Crippen molar-refractivity contribution in [3.63, 3.8) is 0 Å². The number of hydrazone groups is 1. The summed E-state index contributed by atoms with van der Waals surface area (Å²) < 4.78 is 5.88. The molecule has 0 aliphatic carbocycles.